The van der Waals surface area contributed by atoms with Gasteiger partial charge in [0.25, 0.3) is 0 Å². The van der Waals surface area contributed by atoms with Crippen molar-refractivity contribution in [3.63, 3.8) is 0 Å². The number of nitrogens with one attached hydrogen (secondary N) is 1. The molecule has 1 N–H and O–H groups in total. The molecular formula is C17H25N3S. The zero-order chi connectivity index (χ0) is 15.1. The first-order valence-electron chi connectivity index (χ1n) is 7.58. The highest BCUT2D eigenvalue weighted by Gasteiger charge is 2.10. The first kappa shape index (κ1) is 16.1. The molecule has 1 heterocycles. The Morgan fingerprint density at radius 3 is 2.81 bits per heavy atom. The molecule has 1 aromatic carbocycles. The molecule has 0 fully saturated rings. The van der Waals surface area contributed by atoms with Crippen LogP contribution in [0.3, 0.4) is 0 Å². The minimum Gasteiger partial charge on any atom is -0.313 e. The summed E-state index contributed by atoms with van der Waals surface area (Å²) < 4.78 is 1.87. The minimum atomic E-state index is 0.541. The van der Waals surface area contributed by atoms with Gasteiger partial charge in [0.1, 0.15) is 0 Å². The van der Waals surface area contributed by atoms with Gasteiger partial charge in [-0.15, -0.1) is 11.8 Å². The Bertz CT molecular complexity index is 550. The molecule has 0 spiro atoms. The third-order valence-corrected chi connectivity index (χ3v) is 4.90. The summed E-state index contributed by atoms with van der Waals surface area (Å²) in [6.07, 6.45) is 6.31. The molecule has 0 aliphatic rings. The molecule has 1 unspecified atom stereocenters. The van der Waals surface area contributed by atoms with Crippen molar-refractivity contribution in [3.05, 3.63) is 47.8 Å². The summed E-state index contributed by atoms with van der Waals surface area (Å²) in [6.45, 7) is 5.38. The summed E-state index contributed by atoms with van der Waals surface area (Å²) in [5.41, 5.74) is 2.69. The average Bonchev–Trinajstić information content (AvgIpc) is 2.89. The Morgan fingerprint density at radius 2 is 2.14 bits per heavy atom. The zero-order valence-corrected chi connectivity index (χ0v) is 14.0. The summed E-state index contributed by atoms with van der Waals surface area (Å²) in [4.78, 5) is 1.39. The number of thioether (sulfide) groups is 1. The highest BCUT2D eigenvalue weighted by Crippen LogP contribution is 2.23. The Kier molecular flexibility index (Phi) is 6.33. The van der Waals surface area contributed by atoms with Gasteiger partial charge in [0.2, 0.25) is 0 Å². The van der Waals surface area contributed by atoms with Crippen molar-refractivity contribution in [3.8, 4) is 0 Å². The predicted octanol–water partition coefficient (Wildman–Crippen LogP) is 3.43. The van der Waals surface area contributed by atoms with Crippen LogP contribution < -0.4 is 5.32 Å². The van der Waals surface area contributed by atoms with Crippen LogP contribution in [0.4, 0.5) is 0 Å². The molecule has 0 amide bonds. The van der Waals surface area contributed by atoms with Crippen LogP contribution in [-0.4, -0.2) is 28.1 Å². The van der Waals surface area contributed by atoms with Gasteiger partial charge in [-0.3, -0.25) is 4.68 Å². The van der Waals surface area contributed by atoms with Crippen molar-refractivity contribution < 1.29 is 0 Å². The van der Waals surface area contributed by atoms with E-state index in [-0.39, 0.29) is 0 Å². The van der Waals surface area contributed by atoms with E-state index in [1.807, 2.05) is 29.7 Å². The van der Waals surface area contributed by atoms with Crippen LogP contribution in [0.15, 0.2) is 41.6 Å². The molecule has 0 radical (unpaired) electrons. The van der Waals surface area contributed by atoms with Crippen LogP contribution in [0, 0.1) is 6.92 Å². The molecule has 2 aromatic rings. The van der Waals surface area contributed by atoms with Gasteiger partial charge in [0.15, 0.2) is 0 Å². The van der Waals surface area contributed by atoms with Gasteiger partial charge < -0.3 is 5.32 Å². The van der Waals surface area contributed by atoms with E-state index in [1.165, 1.54) is 16.0 Å². The third-order valence-electron chi connectivity index (χ3n) is 3.57. The second kappa shape index (κ2) is 8.25. The maximum Gasteiger partial charge on any atom is 0.0521 e. The van der Waals surface area contributed by atoms with Gasteiger partial charge in [0.05, 0.1) is 6.20 Å². The summed E-state index contributed by atoms with van der Waals surface area (Å²) in [6, 6.07) is 9.15. The fourth-order valence-electron chi connectivity index (χ4n) is 2.38. The molecule has 0 bridgehead atoms. The number of hydrogen-bond donors (Lipinski definition) is 1. The van der Waals surface area contributed by atoms with Crippen LogP contribution in [-0.2, 0) is 13.5 Å². The van der Waals surface area contributed by atoms with Gasteiger partial charge in [-0.2, -0.15) is 5.10 Å². The second-order valence-corrected chi connectivity index (χ2v) is 6.45. The summed E-state index contributed by atoms with van der Waals surface area (Å²) >= 11 is 1.95. The van der Waals surface area contributed by atoms with Crippen LogP contribution in [0.5, 0.6) is 0 Å². The molecule has 114 valence electrons. The Hall–Kier alpha value is -1.26. The molecule has 2 rings (SSSR count). The molecule has 1 atom stereocenters. The zero-order valence-electron chi connectivity index (χ0n) is 13.2. The molecule has 0 aliphatic carbocycles. The first-order chi connectivity index (χ1) is 10.2. The highest BCUT2D eigenvalue weighted by molar-refractivity contribution is 7.99. The Morgan fingerprint density at radius 1 is 1.33 bits per heavy atom. The van der Waals surface area contributed by atoms with Gasteiger partial charge in [-0.05, 0) is 43.5 Å². The van der Waals surface area contributed by atoms with E-state index in [2.05, 4.69) is 54.7 Å². The monoisotopic (exact) mass is 303 g/mol. The number of benzene rings is 1. The van der Waals surface area contributed by atoms with E-state index >= 15 is 0 Å². The maximum atomic E-state index is 4.24. The number of hydrogen-bond acceptors (Lipinski definition) is 3. The number of nitrogens with zero attached hydrogens (tertiary/aromatic N) is 2. The highest BCUT2D eigenvalue weighted by atomic mass is 32.2. The Balaban J connectivity index is 1.85. The first-order valence-corrected chi connectivity index (χ1v) is 8.57. The topological polar surface area (TPSA) is 29.9 Å². The molecule has 1 aromatic heterocycles. The van der Waals surface area contributed by atoms with Crippen LogP contribution in [0.2, 0.25) is 0 Å². The van der Waals surface area contributed by atoms with Crippen molar-refractivity contribution in [2.45, 2.75) is 37.6 Å². The summed E-state index contributed by atoms with van der Waals surface area (Å²) in [7, 11) is 1.97. The van der Waals surface area contributed by atoms with E-state index in [0.29, 0.717) is 6.04 Å². The summed E-state index contributed by atoms with van der Waals surface area (Å²) in [5.74, 6) is 1.11. The fraction of sp³-hybridized carbons (Fsp3) is 0.471. The smallest absolute Gasteiger partial charge is 0.0521 e. The van der Waals surface area contributed by atoms with Crippen molar-refractivity contribution in [1.82, 2.24) is 15.1 Å². The average molecular weight is 303 g/mol. The number of rotatable bonds is 8. The molecule has 0 aliphatic heterocycles. The second-order valence-electron chi connectivity index (χ2n) is 5.39. The molecule has 21 heavy (non-hydrogen) atoms. The number of aromatic nitrogens is 2. The molecular weight excluding hydrogens is 278 g/mol. The van der Waals surface area contributed by atoms with Crippen molar-refractivity contribution in [2.75, 3.05) is 12.3 Å². The standard InChI is InChI=1S/C17H25N3S/c1-4-18-16(10-9-15-11-19-20(3)12-15)13-21-17-8-6-5-7-14(17)2/h5-8,11-12,16,18H,4,9-10,13H2,1-3H3. The van der Waals surface area contributed by atoms with E-state index in [0.717, 1.165) is 25.1 Å². The normalized spacial score (nSPS) is 12.5. The SMILES string of the molecule is CCNC(CCc1cnn(C)c1)CSc1ccccc1C. The largest absolute Gasteiger partial charge is 0.313 e. The van der Waals surface area contributed by atoms with E-state index in [9.17, 15) is 0 Å². The third kappa shape index (κ3) is 5.21. The summed E-state index contributed by atoms with van der Waals surface area (Å²) in [5, 5.41) is 7.84. The maximum absolute atomic E-state index is 4.24. The Labute approximate surface area is 132 Å². The quantitative estimate of drug-likeness (QED) is 0.758. The van der Waals surface area contributed by atoms with Gasteiger partial charge in [0, 0.05) is 29.9 Å². The predicted molar refractivity (Wildman–Crippen MR) is 90.9 cm³/mol. The van der Waals surface area contributed by atoms with Crippen LogP contribution in [0.1, 0.15) is 24.5 Å². The van der Waals surface area contributed by atoms with Gasteiger partial charge in [-0.1, -0.05) is 25.1 Å². The lowest BCUT2D eigenvalue weighted by atomic mass is 10.1. The molecule has 3 nitrogen and oxygen atoms in total. The van der Waals surface area contributed by atoms with Crippen molar-refractivity contribution >= 4 is 11.8 Å². The lowest BCUT2D eigenvalue weighted by Gasteiger charge is -2.17. The number of aryl methyl sites for hydroxylation is 3. The van der Waals surface area contributed by atoms with Crippen LogP contribution in [0.25, 0.3) is 0 Å². The fourth-order valence-corrected chi connectivity index (χ4v) is 3.52. The lowest BCUT2D eigenvalue weighted by molar-refractivity contribution is 0.537. The molecule has 4 heteroatoms. The van der Waals surface area contributed by atoms with Crippen molar-refractivity contribution in [1.29, 1.82) is 0 Å². The van der Waals surface area contributed by atoms with Crippen LogP contribution >= 0.6 is 11.8 Å². The van der Waals surface area contributed by atoms with Gasteiger partial charge >= 0.3 is 0 Å². The molecule has 0 saturated carbocycles. The lowest BCUT2D eigenvalue weighted by Crippen LogP contribution is -2.31. The minimum absolute atomic E-state index is 0.541. The molecule has 0 saturated heterocycles. The van der Waals surface area contributed by atoms with E-state index in [4.69, 9.17) is 0 Å². The van der Waals surface area contributed by atoms with Gasteiger partial charge in [-0.25, -0.2) is 0 Å². The van der Waals surface area contributed by atoms with E-state index < -0.39 is 0 Å². The van der Waals surface area contributed by atoms with Crippen molar-refractivity contribution in [2.24, 2.45) is 7.05 Å². The van der Waals surface area contributed by atoms with E-state index in [1.54, 1.807) is 0 Å².